The number of carbonyl (C=O) groups is 3. The number of phenols is 1. The van der Waals surface area contributed by atoms with Crippen molar-refractivity contribution >= 4 is 35.1 Å². The monoisotopic (exact) mass is 544 g/mol. The Balaban J connectivity index is 1.56. The Bertz CT molecular complexity index is 1250. The van der Waals surface area contributed by atoms with E-state index >= 15 is 0 Å². The van der Waals surface area contributed by atoms with Crippen LogP contribution in [-0.2, 0) is 22.7 Å². The van der Waals surface area contributed by atoms with Crippen molar-refractivity contribution < 1.29 is 24.2 Å². The number of likely N-dealkylation sites (N-methyl/N-ethyl adjacent to an activating group) is 1. The van der Waals surface area contributed by atoms with Gasteiger partial charge in [-0.05, 0) is 30.2 Å². The first-order valence-electron chi connectivity index (χ1n) is 12.2. The lowest BCUT2D eigenvalue weighted by Gasteiger charge is -2.51. The Labute approximate surface area is 227 Å². The highest BCUT2D eigenvalue weighted by molar-refractivity contribution is 6.31. The molecule has 0 saturated carbocycles. The molecule has 0 radical (unpaired) electrons. The van der Waals surface area contributed by atoms with Crippen LogP contribution in [0.1, 0.15) is 16.7 Å². The van der Waals surface area contributed by atoms with Gasteiger partial charge in [-0.3, -0.25) is 9.59 Å². The van der Waals surface area contributed by atoms with Crippen LogP contribution in [0.25, 0.3) is 0 Å². The fraction of sp³-hybridized carbons (Fsp3) is 0.423. The minimum atomic E-state index is -0.694. The molecule has 11 nitrogen and oxygen atoms in total. The van der Waals surface area contributed by atoms with Gasteiger partial charge in [0.1, 0.15) is 24.2 Å². The molecule has 38 heavy (non-hydrogen) atoms. The molecule has 2 N–H and O–H groups in total. The molecule has 2 fully saturated rings. The minimum Gasteiger partial charge on any atom is -0.506 e. The van der Waals surface area contributed by atoms with Crippen LogP contribution < -0.4 is 15.0 Å². The van der Waals surface area contributed by atoms with E-state index in [0.29, 0.717) is 16.3 Å². The molecular formula is C26H33ClN6O5. The molecule has 4 amide bonds. The summed E-state index contributed by atoms with van der Waals surface area (Å²) in [7, 11) is 6.85. The third-order valence-electron chi connectivity index (χ3n) is 6.93. The fourth-order valence-corrected chi connectivity index (χ4v) is 5.29. The third-order valence-corrected chi connectivity index (χ3v) is 7.15. The summed E-state index contributed by atoms with van der Waals surface area (Å²) >= 11 is 6.20. The lowest BCUT2D eigenvalue weighted by molar-refractivity contribution is -0.178. The first kappa shape index (κ1) is 27.3. The number of hydrogen-bond donors (Lipinski definition) is 2. The third kappa shape index (κ3) is 5.30. The Morgan fingerprint density at radius 1 is 1.18 bits per heavy atom. The average molecular weight is 545 g/mol. The van der Waals surface area contributed by atoms with E-state index in [0.717, 1.165) is 16.9 Å². The number of ether oxygens (including phenoxy) is 1. The zero-order valence-electron chi connectivity index (χ0n) is 22.2. The molecule has 0 bridgehead atoms. The number of nitrogens with zero attached hydrogens (tertiary/aromatic N) is 5. The van der Waals surface area contributed by atoms with Crippen LogP contribution >= 0.6 is 11.6 Å². The smallest absolute Gasteiger partial charge is 0.334 e. The summed E-state index contributed by atoms with van der Waals surface area (Å²) in [5, 5.41) is 16.8. The molecule has 2 saturated heterocycles. The van der Waals surface area contributed by atoms with Crippen LogP contribution in [0.2, 0.25) is 5.02 Å². The molecule has 0 spiro atoms. The fourth-order valence-electron chi connectivity index (χ4n) is 5.05. The average Bonchev–Trinajstić information content (AvgIpc) is 2.83. The summed E-state index contributed by atoms with van der Waals surface area (Å²) in [6.45, 7) is 2.27. The Kier molecular flexibility index (Phi) is 7.89. The minimum absolute atomic E-state index is 0.00463. The molecule has 0 aliphatic carbocycles. The molecule has 1 unspecified atom stereocenters. The van der Waals surface area contributed by atoms with E-state index < -0.39 is 6.17 Å². The van der Waals surface area contributed by atoms with E-state index in [9.17, 15) is 19.5 Å². The SMILES string of the molecule is COc1cccc(CNC(=O)N2C3CN(Cc4cc(Cl)cc(O)c4N(C)C)C(=O)CN3C(=O)CN2C)c1C. The van der Waals surface area contributed by atoms with Crippen molar-refractivity contribution in [3.8, 4) is 11.5 Å². The molecule has 2 aromatic carbocycles. The Morgan fingerprint density at radius 3 is 2.61 bits per heavy atom. The molecule has 1 atom stereocenters. The molecule has 2 aromatic rings. The second kappa shape index (κ2) is 11.0. The number of benzene rings is 2. The van der Waals surface area contributed by atoms with Gasteiger partial charge in [-0.2, -0.15) is 0 Å². The normalized spacial score (nSPS) is 17.9. The number of carbonyl (C=O) groups excluding carboxylic acids is 3. The number of nitrogens with one attached hydrogen (secondary N) is 1. The number of amides is 4. The van der Waals surface area contributed by atoms with Crippen molar-refractivity contribution in [3.05, 3.63) is 52.0 Å². The highest BCUT2D eigenvalue weighted by Crippen LogP contribution is 2.35. The highest BCUT2D eigenvalue weighted by atomic mass is 35.5. The number of fused-ring (bicyclic) bond motifs is 1. The largest absolute Gasteiger partial charge is 0.506 e. The molecule has 2 aliphatic rings. The van der Waals surface area contributed by atoms with E-state index in [1.165, 1.54) is 16.0 Å². The zero-order chi connectivity index (χ0) is 27.7. The number of piperazine rings is 1. The van der Waals surface area contributed by atoms with Gasteiger partial charge in [0.2, 0.25) is 11.8 Å². The molecule has 2 heterocycles. The highest BCUT2D eigenvalue weighted by Gasteiger charge is 2.45. The molecule has 2 aliphatic heterocycles. The zero-order valence-corrected chi connectivity index (χ0v) is 22.9. The van der Waals surface area contributed by atoms with Gasteiger partial charge in [-0.25, -0.2) is 14.8 Å². The van der Waals surface area contributed by atoms with Crippen molar-refractivity contribution in [1.82, 2.24) is 25.1 Å². The number of phenolic OH excluding ortho intramolecular Hbond substituents is 1. The summed E-state index contributed by atoms with van der Waals surface area (Å²) in [4.78, 5) is 44.1. The molecule has 4 rings (SSSR count). The van der Waals surface area contributed by atoms with Crippen molar-refractivity contribution in [2.75, 3.05) is 52.8 Å². The van der Waals surface area contributed by atoms with Crippen LogP contribution in [-0.4, -0.2) is 96.8 Å². The van der Waals surface area contributed by atoms with E-state index in [1.54, 1.807) is 49.1 Å². The van der Waals surface area contributed by atoms with Crippen LogP contribution in [0.5, 0.6) is 11.5 Å². The Morgan fingerprint density at radius 2 is 1.92 bits per heavy atom. The maximum atomic E-state index is 13.4. The van der Waals surface area contributed by atoms with Crippen molar-refractivity contribution in [2.45, 2.75) is 26.2 Å². The van der Waals surface area contributed by atoms with Crippen molar-refractivity contribution in [1.29, 1.82) is 0 Å². The van der Waals surface area contributed by atoms with Gasteiger partial charge < -0.3 is 29.9 Å². The first-order chi connectivity index (χ1) is 18.0. The van der Waals surface area contributed by atoms with E-state index in [2.05, 4.69) is 5.32 Å². The molecular weight excluding hydrogens is 512 g/mol. The topological polar surface area (TPSA) is 109 Å². The van der Waals surface area contributed by atoms with Gasteiger partial charge in [-0.15, -0.1) is 0 Å². The van der Waals surface area contributed by atoms with Gasteiger partial charge in [0.05, 0.1) is 25.9 Å². The molecule has 12 heteroatoms. The standard InChI is InChI=1S/C26H33ClN6O5/c1-16-17(7-6-8-21(16)38-5)11-28-26(37)33-22-13-31(23(35)15-32(22)24(36)14-30(33)4)12-18-9-19(27)10-20(34)25(18)29(2)3/h6-10,22,34H,11-15H2,1-5H3,(H,28,37). The van der Waals surface area contributed by atoms with Gasteiger partial charge in [0.25, 0.3) is 0 Å². The van der Waals surface area contributed by atoms with Crippen LogP contribution in [0.3, 0.4) is 0 Å². The maximum absolute atomic E-state index is 13.4. The molecule has 204 valence electrons. The summed E-state index contributed by atoms with van der Waals surface area (Å²) in [5.41, 5.74) is 3.03. The number of halogens is 1. The number of urea groups is 1. The van der Waals surface area contributed by atoms with E-state index in [4.69, 9.17) is 16.3 Å². The van der Waals surface area contributed by atoms with Crippen LogP contribution in [0, 0.1) is 6.92 Å². The predicted octanol–water partition coefficient (Wildman–Crippen LogP) is 2.00. The van der Waals surface area contributed by atoms with Gasteiger partial charge in [0, 0.05) is 50.9 Å². The summed E-state index contributed by atoms with van der Waals surface area (Å²) in [6, 6.07) is 8.40. The van der Waals surface area contributed by atoms with Crippen LogP contribution in [0.4, 0.5) is 10.5 Å². The van der Waals surface area contributed by atoms with Gasteiger partial charge in [-0.1, -0.05) is 23.7 Å². The number of rotatable bonds is 6. The second-order valence-electron chi connectivity index (χ2n) is 9.67. The number of methoxy groups -OCH3 is 1. The van der Waals surface area contributed by atoms with E-state index in [1.807, 2.05) is 25.1 Å². The quantitative estimate of drug-likeness (QED) is 0.572. The predicted molar refractivity (Wildman–Crippen MR) is 143 cm³/mol. The second-order valence-corrected chi connectivity index (χ2v) is 10.1. The van der Waals surface area contributed by atoms with Gasteiger partial charge in [0.15, 0.2) is 0 Å². The summed E-state index contributed by atoms with van der Waals surface area (Å²) in [5.74, 6) is 0.252. The van der Waals surface area contributed by atoms with E-state index in [-0.39, 0.29) is 56.3 Å². The number of hydrogen-bond acceptors (Lipinski definition) is 7. The summed E-state index contributed by atoms with van der Waals surface area (Å²) in [6.07, 6.45) is -0.694. The number of anilines is 1. The number of hydrazine groups is 1. The van der Waals surface area contributed by atoms with Crippen LogP contribution in [0.15, 0.2) is 30.3 Å². The lowest BCUT2D eigenvalue weighted by atomic mass is 10.1. The van der Waals surface area contributed by atoms with Gasteiger partial charge >= 0.3 is 6.03 Å². The molecule has 0 aromatic heterocycles. The maximum Gasteiger partial charge on any atom is 0.334 e. The number of aromatic hydroxyl groups is 1. The Hall–Kier alpha value is -3.70. The lowest BCUT2D eigenvalue weighted by Crippen LogP contribution is -2.73. The van der Waals surface area contributed by atoms with Crippen molar-refractivity contribution in [3.63, 3.8) is 0 Å². The van der Waals surface area contributed by atoms with Crippen molar-refractivity contribution in [2.24, 2.45) is 0 Å². The summed E-state index contributed by atoms with van der Waals surface area (Å²) < 4.78 is 5.38. The first-order valence-corrected chi connectivity index (χ1v) is 12.6.